The van der Waals surface area contributed by atoms with Gasteiger partial charge in [-0.2, -0.15) is 5.10 Å². The van der Waals surface area contributed by atoms with Gasteiger partial charge in [-0.15, -0.1) is 0 Å². The molecule has 0 saturated carbocycles. The quantitative estimate of drug-likeness (QED) is 0.614. The number of carbonyl (C=O) groups is 1. The minimum Gasteiger partial charge on any atom is -0.396 e. The maximum atomic E-state index is 11.4. The first-order valence-corrected chi connectivity index (χ1v) is 4.30. The monoisotopic (exact) mass is 211 g/mol. The molecule has 1 amide bonds. The molecule has 2 heterocycles. The van der Waals surface area contributed by atoms with E-state index in [4.69, 9.17) is 5.73 Å². The number of nitrogens with two attached hydrogens (primary N) is 1. The van der Waals surface area contributed by atoms with Gasteiger partial charge in [0.25, 0.3) is 5.91 Å². The summed E-state index contributed by atoms with van der Waals surface area (Å²) in [6, 6.07) is 0. The van der Waals surface area contributed by atoms with Crippen LogP contribution in [0.5, 0.6) is 0 Å². The highest BCUT2D eigenvalue weighted by molar-refractivity contribution is 7.09. The van der Waals surface area contributed by atoms with Gasteiger partial charge >= 0.3 is 0 Å². The molecule has 0 aromatic carbocycles. The zero-order chi connectivity index (χ0) is 9.97. The second-order valence-corrected chi connectivity index (χ2v) is 3.05. The van der Waals surface area contributed by atoms with Crippen LogP contribution < -0.4 is 11.1 Å². The van der Waals surface area contributed by atoms with Crippen LogP contribution >= 0.6 is 11.5 Å². The van der Waals surface area contributed by atoms with E-state index in [9.17, 15) is 4.79 Å². The molecular formula is C5H5N7OS. The SMILES string of the molecule is Nc1cn[nH]c1C(=O)Nc1nnns1. The summed E-state index contributed by atoms with van der Waals surface area (Å²) >= 11 is 0.975. The van der Waals surface area contributed by atoms with Crippen LogP contribution in [0.4, 0.5) is 10.8 Å². The second kappa shape index (κ2) is 3.38. The Morgan fingerprint density at radius 1 is 1.64 bits per heavy atom. The van der Waals surface area contributed by atoms with Gasteiger partial charge in [-0.05, 0) is 5.21 Å². The molecule has 0 unspecified atom stereocenters. The molecule has 0 radical (unpaired) electrons. The van der Waals surface area contributed by atoms with Crippen molar-refractivity contribution in [2.75, 3.05) is 11.1 Å². The number of nitrogen functional groups attached to an aromatic ring is 1. The summed E-state index contributed by atoms with van der Waals surface area (Å²) in [5.74, 6) is -0.418. The van der Waals surface area contributed by atoms with E-state index >= 15 is 0 Å². The van der Waals surface area contributed by atoms with Gasteiger partial charge in [-0.3, -0.25) is 15.2 Å². The van der Waals surface area contributed by atoms with Crippen LogP contribution in [-0.4, -0.2) is 30.9 Å². The Bertz CT molecular complexity index is 435. The first kappa shape index (κ1) is 8.56. The summed E-state index contributed by atoms with van der Waals surface area (Å²) in [5, 5.41) is 15.7. The third kappa shape index (κ3) is 1.52. The number of nitrogens with one attached hydrogen (secondary N) is 2. The lowest BCUT2D eigenvalue weighted by Crippen LogP contribution is -2.13. The third-order valence-corrected chi connectivity index (χ3v) is 1.93. The van der Waals surface area contributed by atoms with Gasteiger partial charge in [0.1, 0.15) is 5.69 Å². The van der Waals surface area contributed by atoms with Gasteiger partial charge < -0.3 is 5.73 Å². The van der Waals surface area contributed by atoms with Crippen molar-refractivity contribution in [1.29, 1.82) is 0 Å². The molecule has 14 heavy (non-hydrogen) atoms. The van der Waals surface area contributed by atoms with Crippen LogP contribution in [0.3, 0.4) is 0 Å². The standard InChI is InChI=1S/C5H5N7OS/c6-2-1-7-9-3(2)4(13)8-5-10-11-12-14-5/h1H,6H2,(H,7,9)(H,8,10,12,13). The lowest BCUT2D eigenvalue weighted by molar-refractivity contribution is 0.102. The molecule has 0 spiro atoms. The summed E-state index contributed by atoms with van der Waals surface area (Å²) in [6.45, 7) is 0. The van der Waals surface area contributed by atoms with E-state index in [1.165, 1.54) is 6.20 Å². The van der Waals surface area contributed by atoms with Crippen molar-refractivity contribution < 1.29 is 4.79 Å². The van der Waals surface area contributed by atoms with E-state index in [0.717, 1.165) is 11.5 Å². The van der Waals surface area contributed by atoms with E-state index < -0.39 is 5.91 Å². The summed E-state index contributed by atoms with van der Waals surface area (Å²) in [6.07, 6.45) is 1.35. The molecule has 2 aromatic rings. The molecule has 0 atom stereocenters. The van der Waals surface area contributed by atoms with Crippen LogP contribution in [0.25, 0.3) is 0 Å². The molecule has 0 aliphatic heterocycles. The van der Waals surface area contributed by atoms with Crippen molar-refractivity contribution >= 4 is 28.3 Å². The Balaban J connectivity index is 2.14. The fourth-order valence-electron chi connectivity index (χ4n) is 0.819. The third-order valence-electron chi connectivity index (χ3n) is 1.42. The van der Waals surface area contributed by atoms with Gasteiger partial charge in [0.2, 0.25) is 5.13 Å². The smallest absolute Gasteiger partial charge is 0.277 e. The number of hydrogen-bond acceptors (Lipinski definition) is 7. The summed E-state index contributed by atoms with van der Waals surface area (Å²) in [7, 11) is 0. The zero-order valence-corrected chi connectivity index (χ0v) is 7.58. The summed E-state index contributed by atoms with van der Waals surface area (Å²) < 4.78 is 3.49. The van der Waals surface area contributed by atoms with Gasteiger partial charge in [-0.1, -0.05) is 9.59 Å². The van der Waals surface area contributed by atoms with Crippen LogP contribution in [0.2, 0.25) is 0 Å². The maximum absolute atomic E-state index is 11.4. The van der Waals surface area contributed by atoms with Crippen molar-refractivity contribution in [2.45, 2.75) is 0 Å². The number of hydrogen-bond donors (Lipinski definition) is 3. The first-order chi connectivity index (χ1) is 6.77. The predicted molar refractivity (Wildman–Crippen MR) is 48.7 cm³/mol. The number of carbonyl (C=O) groups excluding carboxylic acids is 1. The number of rotatable bonds is 2. The lowest BCUT2D eigenvalue weighted by atomic mass is 10.3. The van der Waals surface area contributed by atoms with Crippen molar-refractivity contribution in [3.05, 3.63) is 11.9 Å². The summed E-state index contributed by atoms with van der Waals surface area (Å²) in [4.78, 5) is 11.4. The molecule has 0 bridgehead atoms. The van der Waals surface area contributed by atoms with Gasteiger partial charge in [-0.25, -0.2) is 0 Å². The Morgan fingerprint density at radius 3 is 3.07 bits per heavy atom. The van der Waals surface area contributed by atoms with Gasteiger partial charge in [0.15, 0.2) is 0 Å². The van der Waals surface area contributed by atoms with Crippen molar-refractivity contribution in [1.82, 2.24) is 25.0 Å². The van der Waals surface area contributed by atoms with E-state index in [-0.39, 0.29) is 11.4 Å². The molecule has 2 aromatic heterocycles. The predicted octanol–water partition coefficient (Wildman–Crippen LogP) is -0.509. The minimum absolute atomic E-state index is 0.195. The molecule has 0 fully saturated rings. The molecule has 72 valence electrons. The molecule has 9 heteroatoms. The van der Waals surface area contributed by atoms with Crippen LogP contribution in [-0.2, 0) is 0 Å². The van der Waals surface area contributed by atoms with E-state index in [2.05, 4.69) is 30.3 Å². The van der Waals surface area contributed by atoms with E-state index in [0.29, 0.717) is 5.13 Å². The van der Waals surface area contributed by atoms with E-state index in [1.807, 2.05) is 0 Å². The van der Waals surface area contributed by atoms with Crippen molar-refractivity contribution in [3.63, 3.8) is 0 Å². The Morgan fingerprint density at radius 2 is 2.50 bits per heavy atom. The van der Waals surface area contributed by atoms with Crippen molar-refractivity contribution in [3.8, 4) is 0 Å². The Hall–Kier alpha value is -2.03. The maximum Gasteiger partial charge on any atom is 0.277 e. The highest BCUT2D eigenvalue weighted by Gasteiger charge is 2.13. The highest BCUT2D eigenvalue weighted by atomic mass is 32.1. The van der Waals surface area contributed by atoms with Crippen LogP contribution in [0.15, 0.2) is 6.20 Å². The van der Waals surface area contributed by atoms with Crippen LogP contribution in [0.1, 0.15) is 10.5 Å². The average Bonchev–Trinajstić information content (AvgIpc) is 2.75. The zero-order valence-electron chi connectivity index (χ0n) is 6.76. The molecule has 8 nitrogen and oxygen atoms in total. The molecule has 4 N–H and O–H groups in total. The number of aromatic nitrogens is 5. The summed E-state index contributed by atoms with van der Waals surface area (Å²) in [5.41, 5.74) is 5.94. The average molecular weight is 211 g/mol. The van der Waals surface area contributed by atoms with Gasteiger partial charge in [0.05, 0.1) is 11.9 Å². The number of nitrogens with zero attached hydrogens (tertiary/aromatic N) is 4. The number of aromatic amines is 1. The number of H-pyrrole nitrogens is 1. The largest absolute Gasteiger partial charge is 0.396 e. The minimum atomic E-state index is -0.418. The van der Waals surface area contributed by atoms with Gasteiger partial charge in [0, 0.05) is 11.5 Å². The molecule has 0 aliphatic rings. The topological polar surface area (TPSA) is 122 Å². The van der Waals surface area contributed by atoms with Crippen LogP contribution in [0, 0.1) is 0 Å². The van der Waals surface area contributed by atoms with E-state index in [1.54, 1.807) is 0 Å². The van der Waals surface area contributed by atoms with Crippen molar-refractivity contribution in [2.24, 2.45) is 0 Å². The Kier molecular flexibility index (Phi) is 2.07. The fourth-order valence-corrected chi connectivity index (χ4v) is 1.18. The highest BCUT2D eigenvalue weighted by Crippen LogP contribution is 2.10. The second-order valence-electron chi connectivity index (χ2n) is 2.32. The number of anilines is 2. The molecule has 2 rings (SSSR count). The molecule has 0 saturated heterocycles. The molecular weight excluding hydrogens is 206 g/mol. The Labute approximate surface area is 81.7 Å². The fraction of sp³-hybridized carbons (Fsp3) is 0. The lowest BCUT2D eigenvalue weighted by Gasteiger charge is -1.97. The first-order valence-electron chi connectivity index (χ1n) is 3.52. The number of amides is 1. The molecule has 0 aliphatic carbocycles. The normalized spacial score (nSPS) is 10.0.